The van der Waals surface area contributed by atoms with E-state index in [9.17, 15) is 24.6 Å². The van der Waals surface area contributed by atoms with Crippen molar-refractivity contribution in [2.75, 3.05) is 34.8 Å². The number of rotatable bonds is 9. The zero-order valence-electron chi connectivity index (χ0n) is 39.0. The Hall–Kier alpha value is -2.35. The van der Waals surface area contributed by atoms with Gasteiger partial charge in [-0.3, -0.25) is 9.69 Å². The maximum atomic E-state index is 14.6. The van der Waals surface area contributed by atoms with Gasteiger partial charge in [0.1, 0.15) is 17.8 Å². The van der Waals surface area contributed by atoms with Crippen molar-refractivity contribution < 1.29 is 67.2 Å². The lowest BCUT2D eigenvalue weighted by atomic mass is 9.77. The summed E-state index contributed by atoms with van der Waals surface area (Å²) >= 11 is 0. The predicted octanol–water partition coefficient (Wildman–Crippen LogP) is 4.23. The van der Waals surface area contributed by atoms with E-state index in [0.29, 0.717) is 19.4 Å². The van der Waals surface area contributed by atoms with Gasteiger partial charge in [-0.25, -0.2) is 9.59 Å². The number of amides is 1. The van der Waals surface area contributed by atoms with Crippen LogP contribution in [0, 0.1) is 17.8 Å². The molecule has 60 heavy (non-hydrogen) atoms. The molecule has 0 aromatic heterocycles. The van der Waals surface area contributed by atoms with Crippen LogP contribution in [0.2, 0.25) is 0 Å². The molecule has 0 aliphatic carbocycles. The number of ether oxygens (including phenoxy) is 9. The van der Waals surface area contributed by atoms with E-state index in [4.69, 9.17) is 42.6 Å². The number of likely N-dealkylation sites (N-methyl/N-ethyl adjacent to an activating group) is 2. The third-order valence-corrected chi connectivity index (χ3v) is 13.3. The van der Waals surface area contributed by atoms with Crippen molar-refractivity contribution >= 4 is 18.2 Å². The Morgan fingerprint density at radius 3 is 2.23 bits per heavy atom. The molecule has 3 N–H and O–H groups in total. The number of alkyl carbamates (subject to hydrolysis) is 1. The maximum Gasteiger partial charge on any atom is 0.509 e. The second-order valence-corrected chi connectivity index (χ2v) is 19.2. The SMILES string of the molecule is CC[C@H]1OC(=O)[C@H](C)[C@@H](O[C@H]2C[C@@](C)(OC)[C@@H](OC(=O)NC(C)C)[C@H](C)O2)[C@H](C)[C@@H](O[C@@H]2O[C@H](C)C[C@H](N(C)C)[C@H]2O)[C@@](C)(O)C[C@@H](C)CN(C)[C@H](C)[C@H]2OC(=O)O[C@@]21C. The standard InChI is InChI=1S/C43H77N3O14/c1-17-30-43(12)35(59-40(50)60-43)27(8)46(15)21-23(4)19-41(10,51)34(57-38-32(47)29(45(13)14)18-24(5)53-38)25(6)33(26(7)37(48)55-30)56-31-20-42(11,52-16)36(28(9)54-31)58-39(49)44-22(2)3/h22-36,38,47,51H,17-21H2,1-16H3,(H,44,49)/t23-,24-,25+,26-,27-,28+,29+,30-,31+,32-,33+,34-,35-,36+,38+,41+,42-,43-/m1/s1. The van der Waals surface area contributed by atoms with E-state index in [-0.39, 0.29) is 43.0 Å². The predicted molar refractivity (Wildman–Crippen MR) is 220 cm³/mol. The first-order valence-electron chi connectivity index (χ1n) is 21.8. The van der Waals surface area contributed by atoms with Crippen molar-refractivity contribution in [3.05, 3.63) is 0 Å². The molecule has 0 aromatic rings. The first-order chi connectivity index (χ1) is 27.8. The smallest absolute Gasteiger partial charge is 0.458 e. The Bertz CT molecular complexity index is 1450. The summed E-state index contributed by atoms with van der Waals surface area (Å²) in [5.41, 5.74) is -3.99. The molecular weight excluding hydrogens is 782 g/mol. The number of nitrogens with zero attached hydrogens (tertiary/aromatic N) is 2. The molecular formula is C43H77N3O14. The molecule has 0 spiro atoms. The van der Waals surface area contributed by atoms with Gasteiger partial charge in [-0.1, -0.05) is 20.8 Å². The molecule has 0 aromatic carbocycles. The van der Waals surface area contributed by atoms with Crippen LogP contribution < -0.4 is 5.32 Å². The summed E-state index contributed by atoms with van der Waals surface area (Å²) in [5, 5.41) is 27.1. The molecule has 4 aliphatic heterocycles. The second-order valence-electron chi connectivity index (χ2n) is 19.2. The van der Waals surface area contributed by atoms with E-state index in [0.717, 1.165) is 0 Å². The molecule has 17 heteroatoms. The van der Waals surface area contributed by atoms with Crippen molar-refractivity contribution in [2.24, 2.45) is 17.8 Å². The largest absolute Gasteiger partial charge is 0.509 e. The number of methoxy groups -OCH3 is 1. The van der Waals surface area contributed by atoms with Crippen molar-refractivity contribution in [3.63, 3.8) is 0 Å². The average molecular weight is 860 g/mol. The molecule has 0 bridgehead atoms. The quantitative estimate of drug-likeness (QED) is 0.220. The van der Waals surface area contributed by atoms with Crippen molar-refractivity contribution in [2.45, 2.75) is 205 Å². The van der Waals surface area contributed by atoms with E-state index in [2.05, 4.69) is 5.32 Å². The van der Waals surface area contributed by atoms with Gasteiger partial charge in [-0.05, 0) is 109 Å². The fraction of sp³-hybridized carbons (Fsp3) is 0.930. The number of aliphatic hydroxyl groups is 2. The highest BCUT2D eigenvalue weighted by Crippen LogP contribution is 2.42. The van der Waals surface area contributed by atoms with Crippen molar-refractivity contribution in [1.82, 2.24) is 15.1 Å². The highest BCUT2D eigenvalue weighted by atomic mass is 16.8. The molecule has 0 saturated carbocycles. The molecule has 4 rings (SSSR count). The Labute approximate surface area is 357 Å². The molecule has 17 nitrogen and oxygen atoms in total. The average Bonchev–Trinajstić information content (AvgIpc) is 3.46. The van der Waals surface area contributed by atoms with Crippen LogP contribution in [0.4, 0.5) is 9.59 Å². The highest BCUT2D eigenvalue weighted by molar-refractivity contribution is 5.73. The summed E-state index contributed by atoms with van der Waals surface area (Å²) in [6, 6.07) is -0.817. The maximum absolute atomic E-state index is 14.6. The van der Waals surface area contributed by atoms with Gasteiger partial charge < -0.3 is 63.1 Å². The van der Waals surface area contributed by atoms with Gasteiger partial charge in [0, 0.05) is 44.1 Å². The van der Waals surface area contributed by atoms with Crippen molar-refractivity contribution in [1.29, 1.82) is 0 Å². The molecule has 4 heterocycles. The van der Waals surface area contributed by atoms with Crippen LogP contribution >= 0.6 is 0 Å². The van der Waals surface area contributed by atoms with Gasteiger partial charge in [0.2, 0.25) is 0 Å². The van der Waals surface area contributed by atoms with Gasteiger partial charge in [0.25, 0.3) is 0 Å². The topological polar surface area (TPSA) is 193 Å². The van der Waals surface area contributed by atoms with Gasteiger partial charge in [-0.15, -0.1) is 0 Å². The Balaban J connectivity index is 1.82. The van der Waals surface area contributed by atoms with E-state index >= 15 is 0 Å². The Morgan fingerprint density at radius 1 is 1.00 bits per heavy atom. The first kappa shape index (κ1) is 50.3. The number of nitrogens with one attached hydrogen (secondary N) is 1. The van der Waals surface area contributed by atoms with Crippen molar-refractivity contribution in [3.8, 4) is 0 Å². The third kappa shape index (κ3) is 11.2. The fourth-order valence-electron chi connectivity index (χ4n) is 9.94. The number of fused-ring (bicyclic) bond motifs is 1. The monoisotopic (exact) mass is 860 g/mol. The van der Waals surface area contributed by atoms with Crippen LogP contribution in [0.25, 0.3) is 0 Å². The summed E-state index contributed by atoms with van der Waals surface area (Å²) in [6.45, 7) is 22.3. The van der Waals surface area contributed by atoms with E-state index in [1.807, 2.05) is 79.4 Å². The van der Waals surface area contributed by atoms with Crippen LogP contribution in [0.1, 0.15) is 109 Å². The van der Waals surface area contributed by atoms with Gasteiger partial charge >= 0.3 is 18.2 Å². The van der Waals surface area contributed by atoms with Crippen LogP contribution in [0.5, 0.6) is 0 Å². The van der Waals surface area contributed by atoms with Gasteiger partial charge in [0.05, 0.1) is 35.9 Å². The molecule has 0 radical (unpaired) electrons. The summed E-state index contributed by atoms with van der Waals surface area (Å²) in [5.74, 6) is -2.60. The highest BCUT2D eigenvalue weighted by Gasteiger charge is 2.58. The van der Waals surface area contributed by atoms with Gasteiger partial charge in [0.15, 0.2) is 30.4 Å². The molecule has 348 valence electrons. The van der Waals surface area contributed by atoms with E-state index < -0.39 is 102 Å². The lowest BCUT2D eigenvalue weighted by Crippen LogP contribution is -2.61. The molecule has 1 amide bonds. The lowest BCUT2D eigenvalue weighted by molar-refractivity contribution is -0.317. The van der Waals surface area contributed by atoms with Crippen LogP contribution in [0.3, 0.4) is 0 Å². The number of esters is 1. The number of carbonyl (C=O) groups excluding carboxylic acids is 3. The summed E-state index contributed by atoms with van der Waals surface area (Å²) in [4.78, 5) is 44.2. The number of hydrogen-bond donors (Lipinski definition) is 3. The number of aliphatic hydroxyl groups excluding tert-OH is 1. The second kappa shape index (κ2) is 20.0. The third-order valence-electron chi connectivity index (χ3n) is 13.3. The summed E-state index contributed by atoms with van der Waals surface area (Å²) in [7, 11) is 7.21. The summed E-state index contributed by atoms with van der Waals surface area (Å²) in [6.07, 6.45) is -9.08. The van der Waals surface area contributed by atoms with Crippen LogP contribution in [-0.4, -0.2) is 169 Å². The van der Waals surface area contributed by atoms with E-state index in [1.165, 1.54) is 7.11 Å². The Morgan fingerprint density at radius 2 is 1.65 bits per heavy atom. The molecule has 4 aliphatic rings. The molecule has 4 saturated heterocycles. The van der Waals surface area contributed by atoms with Crippen LogP contribution in [0.15, 0.2) is 0 Å². The van der Waals surface area contributed by atoms with E-state index in [1.54, 1.807) is 34.6 Å². The lowest BCUT2D eigenvalue weighted by Gasteiger charge is -2.49. The molecule has 0 unspecified atom stereocenters. The zero-order valence-corrected chi connectivity index (χ0v) is 39.0. The molecule has 18 atom stereocenters. The number of hydrogen-bond acceptors (Lipinski definition) is 16. The fourth-order valence-corrected chi connectivity index (χ4v) is 9.94. The number of carbonyl (C=O) groups is 3. The first-order valence-corrected chi connectivity index (χ1v) is 21.8. The Kier molecular flexibility index (Phi) is 16.8. The minimum Gasteiger partial charge on any atom is -0.458 e. The number of cyclic esters (lactones) is 1. The molecule has 4 fully saturated rings. The van der Waals surface area contributed by atoms with Crippen LogP contribution in [-0.2, 0) is 47.4 Å². The normalized spacial score (nSPS) is 45.2. The minimum absolute atomic E-state index is 0.0960. The summed E-state index contributed by atoms with van der Waals surface area (Å²) < 4.78 is 56.2. The van der Waals surface area contributed by atoms with Gasteiger partial charge in [-0.2, -0.15) is 0 Å². The minimum atomic E-state index is -1.58. The zero-order chi connectivity index (χ0) is 45.2.